The largest absolute Gasteiger partial charge is 0.487 e. The van der Waals surface area contributed by atoms with E-state index in [9.17, 15) is 10.2 Å². The van der Waals surface area contributed by atoms with E-state index in [2.05, 4.69) is 20.6 Å². The molecule has 3 N–H and O–H groups in total. The van der Waals surface area contributed by atoms with Gasteiger partial charge in [-0.15, -0.1) is 5.10 Å². The Morgan fingerprint density at radius 3 is 2.97 bits per heavy atom. The van der Waals surface area contributed by atoms with E-state index in [1.807, 2.05) is 38.1 Å². The topological polar surface area (TPSA) is 114 Å². The van der Waals surface area contributed by atoms with Gasteiger partial charge in [-0.3, -0.25) is 4.99 Å². The first-order valence-electron chi connectivity index (χ1n) is 9.62. The van der Waals surface area contributed by atoms with Crippen molar-refractivity contribution in [3.05, 3.63) is 41.7 Å². The van der Waals surface area contributed by atoms with E-state index < -0.39 is 24.4 Å². The van der Waals surface area contributed by atoms with Crippen molar-refractivity contribution in [3.63, 3.8) is 0 Å². The van der Waals surface area contributed by atoms with Crippen LogP contribution in [0.25, 0.3) is 0 Å². The number of ether oxygens (including phenoxy) is 2. The minimum absolute atomic E-state index is 0.274. The van der Waals surface area contributed by atoms with Crippen molar-refractivity contribution in [1.29, 1.82) is 0 Å². The molecule has 0 amide bonds. The van der Waals surface area contributed by atoms with Gasteiger partial charge in [-0.25, -0.2) is 4.68 Å². The molecule has 0 radical (unpaired) electrons. The standard InChI is InChI=1S/C19H25N5O4S/c1-3-20-19-21-15-17(26)16(25)14(28-18(15)29-19)9-24-8-12(22-23-24)10-27-13-6-4-5-11(2)7-13/h4-8,14-18,25-26H,3,9-10H2,1-2H3,(H,20,21)/t14-,15-,16-,17-,18-/m1/s1. The van der Waals surface area contributed by atoms with Crippen LogP contribution in [0.4, 0.5) is 0 Å². The molecule has 1 saturated heterocycles. The highest BCUT2D eigenvalue weighted by atomic mass is 32.2. The fraction of sp³-hybridized carbons (Fsp3) is 0.526. The molecule has 2 aliphatic heterocycles. The van der Waals surface area contributed by atoms with E-state index in [-0.39, 0.29) is 12.0 Å². The molecule has 0 spiro atoms. The molecule has 4 rings (SSSR count). The van der Waals surface area contributed by atoms with Crippen molar-refractivity contribution in [3.8, 4) is 5.75 Å². The quantitative estimate of drug-likeness (QED) is 0.627. The summed E-state index contributed by atoms with van der Waals surface area (Å²) in [5, 5.41) is 33.0. The molecule has 0 aliphatic carbocycles. The molecule has 3 heterocycles. The second-order valence-electron chi connectivity index (χ2n) is 7.13. The van der Waals surface area contributed by atoms with Crippen molar-refractivity contribution >= 4 is 16.9 Å². The van der Waals surface area contributed by atoms with Crippen LogP contribution in [-0.2, 0) is 17.9 Å². The molecular formula is C19H25N5O4S. The number of hydrogen-bond acceptors (Lipinski definition) is 9. The van der Waals surface area contributed by atoms with Gasteiger partial charge in [0.2, 0.25) is 0 Å². The predicted octanol–water partition coefficient (Wildman–Crippen LogP) is 0.693. The second kappa shape index (κ2) is 8.70. The second-order valence-corrected chi connectivity index (χ2v) is 8.22. The van der Waals surface area contributed by atoms with Gasteiger partial charge in [0.05, 0.1) is 12.7 Å². The molecule has 29 heavy (non-hydrogen) atoms. The van der Waals surface area contributed by atoms with Crippen LogP contribution >= 0.6 is 11.8 Å². The van der Waals surface area contributed by atoms with Gasteiger partial charge in [-0.1, -0.05) is 29.1 Å². The van der Waals surface area contributed by atoms with Gasteiger partial charge in [0.15, 0.2) is 5.17 Å². The highest BCUT2D eigenvalue weighted by Gasteiger charge is 2.48. The molecular weight excluding hydrogens is 394 g/mol. The number of amidine groups is 1. The van der Waals surface area contributed by atoms with Gasteiger partial charge in [-0.2, -0.15) is 0 Å². The molecule has 156 valence electrons. The lowest BCUT2D eigenvalue weighted by molar-refractivity contribution is -0.157. The molecule has 2 aliphatic rings. The van der Waals surface area contributed by atoms with E-state index in [1.165, 1.54) is 11.8 Å². The van der Waals surface area contributed by atoms with E-state index in [4.69, 9.17) is 9.47 Å². The highest BCUT2D eigenvalue weighted by molar-refractivity contribution is 8.14. The molecule has 1 fully saturated rings. The first-order chi connectivity index (χ1) is 14.0. The van der Waals surface area contributed by atoms with Crippen LogP contribution in [0.15, 0.2) is 35.5 Å². The molecule has 5 atom stereocenters. The number of hydrogen-bond donors (Lipinski definition) is 3. The number of nitrogens with zero attached hydrogens (tertiary/aromatic N) is 4. The molecule has 9 nitrogen and oxygen atoms in total. The Morgan fingerprint density at radius 1 is 1.31 bits per heavy atom. The Kier molecular flexibility index (Phi) is 6.04. The average Bonchev–Trinajstić information content (AvgIpc) is 3.31. The summed E-state index contributed by atoms with van der Waals surface area (Å²) >= 11 is 1.43. The number of aliphatic hydroxyl groups excluding tert-OH is 2. The Hall–Kier alpha value is -2.14. The highest BCUT2D eigenvalue weighted by Crippen LogP contribution is 2.36. The van der Waals surface area contributed by atoms with Crippen LogP contribution in [-0.4, -0.2) is 66.7 Å². The van der Waals surface area contributed by atoms with Gasteiger partial charge in [-0.05, 0) is 31.5 Å². The van der Waals surface area contributed by atoms with E-state index in [0.29, 0.717) is 12.3 Å². The predicted molar refractivity (Wildman–Crippen MR) is 109 cm³/mol. The first kappa shape index (κ1) is 20.1. The SMILES string of the molecule is CCNC1=N[C@@H]2[C@@H](O)[C@H](O)[C@@H](Cn3cc(COc4cccc(C)c4)nn3)O[C@@H]2S1. The summed E-state index contributed by atoms with van der Waals surface area (Å²) in [5.74, 6) is 0.773. The summed E-state index contributed by atoms with van der Waals surface area (Å²) in [6.45, 7) is 5.29. The molecule has 2 aromatic rings. The van der Waals surface area contributed by atoms with Gasteiger partial charge in [0.1, 0.15) is 47.8 Å². The van der Waals surface area contributed by atoms with Gasteiger partial charge in [0.25, 0.3) is 0 Å². The Balaban J connectivity index is 1.35. The van der Waals surface area contributed by atoms with Crippen molar-refractivity contribution in [2.75, 3.05) is 6.54 Å². The molecule has 1 aromatic heterocycles. The number of aryl methyl sites for hydroxylation is 1. The summed E-state index contributed by atoms with van der Waals surface area (Å²) in [5.41, 5.74) is 1.46. The van der Waals surface area contributed by atoms with Crippen LogP contribution in [0.1, 0.15) is 18.2 Å². The summed E-state index contributed by atoms with van der Waals surface area (Å²) in [6.07, 6.45) is -0.901. The zero-order valence-electron chi connectivity index (χ0n) is 16.3. The van der Waals surface area contributed by atoms with Crippen molar-refractivity contribution in [1.82, 2.24) is 20.3 Å². The number of fused-ring (bicyclic) bond motifs is 1. The lowest BCUT2D eigenvalue weighted by Crippen LogP contribution is -2.55. The van der Waals surface area contributed by atoms with Crippen LogP contribution in [0.2, 0.25) is 0 Å². The lowest BCUT2D eigenvalue weighted by Gasteiger charge is -2.38. The van der Waals surface area contributed by atoms with Crippen LogP contribution in [0.3, 0.4) is 0 Å². The van der Waals surface area contributed by atoms with Gasteiger partial charge < -0.3 is 25.0 Å². The van der Waals surface area contributed by atoms with E-state index in [0.717, 1.165) is 23.0 Å². The zero-order chi connectivity index (χ0) is 20.4. The summed E-state index contributed by atoms with van der Waals surface area (Å²) in [4.78, 5) is 4.42. The normalized spacial score (nSPS) is 28.7. The molecule has 10 heteroatoms. The van der Waals surface area contributed by atoms with Crippen molar-refractivity contribution < 1.29 is 19.7 Å². The van der Waals surface area contributed by atoms with E-state index in [1.54, 1.807) is 10.9 Å². The first-order valence-corrected chi connectivity index (χ1v) is 10.5. The lowest BCUT2D eigenvalue weighted by atomic mass is 9.98. The monoisotopic (exact) mass is 419 g/mol. The Labute approximate surface area is 173 Å². The smallest absolute Gasteiger partial charge is 0.159 e. The maximum Gasteiger partial charge on any atom is 0.159 e. The van der Waals surface area contributed by atoms with Crippen LogP contribution in [0.5, 0.6) is 5.75 Å². The number of benzene rings is 1. The van der Waals surface area contributed by atoms with Gasteiger partial charge >= 0.3 is 0 Å². The molecule has 1 aromatic carbocycles. The number of rotatable bonds is 6. The van der Waals surface area contributed by atoms with Crippen molar-refractivity contribution in [2.45, 2.75) is 56.8 Å². The minimum Gasteiger partial charge on any atom is -0.487 e. The number of aliphatic imine (C=N–C) groups is 1. The molecule has 0 saturated carbocycles. The summed E-state index contributed by atoms with van der Waals surface area (Å²) in [7, 11) is 0. The molecule has 0 bridgehead atoms. The number of nitrogens with one attached hydrogen (secondary N) is 1. The number of thioether (sulfide) groups is 1. The third-order valence-corrected chi connectivity index (χ3v) is 5.92. The Bertz CT molecular complexity index is 876. The third kappa shape index (κ3) is 4.55. The average molecular weight is 420 g/mol. The summed E-state index contributed by atoms with van der Waals surface area (Å²) in [6, 6.07) is 7.32. The zero-order valence-corrected chi connectivity index (χ0v) is 17.1. The minimum atomic E-state index is -1.06. The maximum atomic E-state index is 10.5. The maximum absolute atomic E-state index is 10.5. The fourth-order valence-electron chi connectivity index (χ4n) is 3.36. The van der Waals surface area contributed by atoms with E-state index >= 15 is 0 Å². The number of aromatic nitrogens is 3. The van der Waals surface area contributed by atoms with Crippen LogP contribution < -0.4 is 10.1 Å². The van der Waals surface area contributed by atoms with Crippen molar-refractivity contribution in [2.24, 2.45) is 4.99 Å². The fourth-order valence-corrected chi connectivity index (χ4v) is 4.55. The van der Waals surface area contributed by atoms with Gasteiger partial charge in [0, 0.05) is 6.54 Å². The summed E-state index contributed by atoms with van der Waals surface area (Å²) < 4.78 is 13.3. The van der Waals surface area contributed by atoms with Crippen LogP contribution in [0, 0.1) is 6.92 Å². The third-order valence-electron chi connectivity index (χ3n) is 4.82. The molecule has 0 unspecified atom stereocenters. The Morgan fingerprint density at radius 2 is 2.17 bits per heavy atom. The number of aliphatic hydroxyl groups is 2.